The van der Waals surface area contributed by atoms with Crippen molar-refractivity contribution in [2.75, 3.05) is 0 Å². The van der Waals surface area contributed by atoms with E-state index in [1.54, 1.807) is 0 Å². The largest absolute Gasteiger partial charge is 0.489 e. The lowest BCUT2D eigenvalue weighted by atomic mass is 10.1. The van der Waals surface area contributed by atoms with Crippen molar-refractivity contribution in [3.63, 3.8) is 0 Å². The monoisotopic (exact) mass is 288 g/mol. The van der Waals surface area contributed by atoms with Gasteiger partial charge in [-0.05, 0) is 42.3 Å². The van der Waals surface area contributed by atoms with Crippen molar-refractivity contribution in [2.45, 2.75) is 26.4 Å². The van der Waals surface area contributed by atoms with Gasteiger partial charge in [-0.15, -0.1) is 0 Å². The van der Waals surface area contributed by atoms with E-state index in [0.29, 0.717) is 11.3 Å². The van der Waals surface area contributed by atoms with E-state index >= 15 is 0 Å². The summed E-state index contributed by atoms with van der Waals surface area (Å²) in [4.78, 5) is 11.1. The highest BCUT2D eigenvalue weighted by Crippen LogP contribution is 2.18. The molecule has 0 unspecified atom stereocenters. The zero-order chi connectivity index (χ0) is 15.2. The SMILES string of the molecule is CCCc1ccc(OCc2cc(F)ccc2C(=O)O)cc1. The van der Waals surface area contributed by atoms with Crippen LogP contribution in [0.25, 0.3) is 0 Å². The van der Waals surface area contributed by atoms with Crippen molar-refractivity contribution in [3.8, 4) is 5.75 Å². The van der Waals surface area contributed by atoms with Gasteiger partial charge < -0.3 is 9.84 Å². The average molecular weight is 288 g/mol. The molecule has 0 bridgehead atoms. The molecule has 0 saturated heterocycles. The standard InChI is InChI=1S/C17H17FO3/c1-2-3-12-4-7-15(8-5-12)21-11-13-10-14(18)6-9-16(13)17(19)20/h4-10H,2-3,11H2,1H3,(H,19,20). The molecule has 0 amide bonds. The first kappa shape index (κ1) is 15.0. The highest BCUT2D eigenvalue weighted by molar-refractivity contribution is 5.89. The lowest BCUT2D eigenvalue weighted by Crippen LogP contribution is -2.06. The molecular formula is C17H17FO3. The van der Waals surface area contributed by atoms with E-state index in [2.05, 4.69) is 6.92 Å². The summed E-state index contributed by atoms with van der Waals surface area (Å²) in [5.41, 5.74) is 1.60. The predicted octanol–water partition coefficient (Wildman–Crippen LogP) is 4.06. The molecule has 0 aliphatic rings. The van der Waals surface area contributed by atoms with Gasteiger partial charge in [-0.1, -0.05) is 25.5 Å². The van der Waals surface area contributed by atoms with Crippen LogP contribution in [-0.2, 0) is 13.0 Å². The fraction of sp³-hybridized carbons (Fsp3) is 0.235. The number of benzene rings is 2. The minimum absolute atomic E-state index is 0.0204. The highest BCUT2D eigenvalue weighted by Gasteiger charge is 2.11. The van der Waals surface area contributed by atoms with Crippen LogP contribution in [0, 0.1) is 5.82 Å². The number of rotatable bonds is 6. The third-order valence-corrected chi connectivity index (χ3v) is 3.15. The Hall–Kier alpha value is -2.36. The molecule has 2 rings (SSSR count). The number of aryl methyl sites for hydroxylation is 1. The number of ether oxygens (including phenoxy) is 1. The summed E-state index contributed by atoms with van der Waals surface area (Å²) < 4.78 is 18.8. The Balaban J connectivity index is 2.08. The first-order valence-electron chi connectivity index (χ1n) is 6.83. The molecule has 0 atom stereocenters. The summed E-state index contributed by atoms with van der Waals surface area (Å²) in [7, 11) is 0. The van der Waals surface area contributed by atoms with E-state index in [1.807, 2.05) is 24.3 Å². The van der Waals surface area contributed by atoms with Crippen molar-refractivity contribution in [1.82, 2.24) is 0 Å². The molecule has 1 N–H and O–H groups in total. The van der Waals surface area contributed by atoms with Crippen molar-refractivity contribution in [3.05, 3.63) is 65.0 Å². The van der Waals surface area contributed by atoms with Crippen molar-refractivity contribution < 1.29 is 19.0 Å². The molecule has 0 spiro atoms. The highest BCUT2D eigenvalue weighted by atomic mass is 19.1. The van der Waals surface area contributed by atoms with Crippen LogP contribution in [0.3, 0.4) is 0 Å². The van der Waals surface area contributed by atoms with Crippen molar-refractivity contribution in [1.29, 1.82) is 0 Å². The van der Waals surface area contributed by atoms with Gasteiger partial charge in [0.15, 0.2) is 0 Å². The maximum absolute atomic E-state index is 13.2. The van der Waals surface area contributed by atoms with Gasteiger partial charge in [-0.25, -0.2) is 9.18 Å². The molecule has 0 aliphatic heterocycles. The minimum Gasteiger partial charge on any atom is -0.489 e. The molecule has 2 aromatic rings. The van der Waals surface area contributed by atoms with Gasteiger partial charge in [0.2, 0.25) is 0 Å². The van der Waals surface area contributed by atoms with Gasteiger partial charge in [0, 0.05) is 5.56 Å². The summed E-state index contributed by atoms with van der Waals surface area (Å²) in [5, 5.41) is 9.07. The fourth-order valence-electron chi connectivity index (χ4n) is 2.09. The first-order valence-corrected chi connectivity index (χ1v) is 6.83. The summed E-state index contributed by atoms with van der Waals surface area (Å²) >= 11 is 0. The summed E-state index contributed by atoms with van der Waals surface area (Å²) in [5.74, 6) is -0.931. The van der Waals surface area contributed by atoms with Crippen LogP contribution in [0.5, 0.6) is 5.75 Å². The summed E-state index contributed by atoms with van der Waals surface area (Å²) in [6, 6.07) is 11.2. The van der Waals surface area contributed by atoms with E-state index in [4.69, 9.17) is 9.84 Å². The third kappa shape index (κ3) is 4.05. The molecule has 3 nitrogen and oxygen atoms in total. The number of aromatic carboxylic acids is 1. The summed E-state index contributed by atoms with van der Waals surface area (Å²) in [6.07, 6.45) is 2.08. The van der Waals surface area contributed by atoms with E-state index < -0.39 is 11.8 Å². The quantitative estimate of drug-likeness (QED) is 0.872. The van der Waals surface area contributed by atoms with Crippen LogP contribution in [0.1, 0.15) is 34.8 Å². The van der Waals surface area contributed by atoms with Crippen molar-refractivity contribution >= 4 is 5.97 Å². The Morgan fingerprint density at radius 1 is 1.19 bits per heavy atom. The summed E-state index contributed by atoms with van der Waals surface area (Å²) in [6.45, 7) is 2.13. The number of carbonyl (C=O) groups is 1. The van der Waals surface area contributed by atoms with Gasteiger partial charge in [-0.3, -0.25) is 0 Å². The van der Waals surface area contributed by atoms with Gasteiger partial charge in [-0.2, -0.15) is 0 Å². The molecule has 21 heavy (non-hydrogen) atoms. The molecule has 0 fully saturated rings. The van der Waals surface area contributed by atoms with E-state index in [-0.39, 0.29) is 12.2 Å². The Kier molecular flexibility index (Phi) is 4.93. The number of carboxylic acids is 1. The maximum Gasteiger partial charge on any atom is 0.336 e. The number of hydrogen-bond donors (Lipinski definition) is 1. The lowest BCUT2D eigenvalue weighted by Gasteiger charge is -2.09. The second-order valence-corrected chi connectivity index (χ2v) is 4.79. The number of carboxylic acid groups (broad SMARTS) is 1. The van der Waals surface area contributed by atoms with E-state index in [9.17, 15) is 9.18 Å². The van der Waals surface area contributed by atoms with Crippen LogP contribution < -0.4 is 4.74 Å². The normalized spacial score (nSPS) is 10.4. The van der Waals surface area contributed by atoms with Gasteiger partial charge in [0.1, 0.15) is 18.2 Å². The van der Waals surface area contributed by atoms with Crippen LogP contribution in [0.4, 0.5) is 4.39 Å². The van der Waals surface area contributed by atoms with Gasteiger partial charge in [0.25, 0.3) is 0 Å². The molecule has 0 heterocycles. The molecule has 0 aromatic heterocycles. The van der Waals surface area contributed by atoms with Crippen molar-refractivity contribution in [2.24, 2.45) is 0 Å². The van der Waals surface area contributed by atoms with E-state index in [0.717, 1.165) is 18.9 Å². The Morgan fingerprint density at radius 2 is 1.90 bits per heavy atom. The Morgan fingerprint density at radius 3 is 2.52 bits per heavy atom. The molecule has 4 heteroatoms. The van der Waals surface area contributed by atoms with Crippen LogP contribution in [0.2, 0.25) is 0 Å². The second-order valence-electron chi connectivity index (χ2n) is 4.79. The molecule has 0 radical (unpaired) electrons. The fourth-order valence-corrected chi connectivity index (χ4v) is 2.09. The topological polar surface area (TPSA) is 46.5 Å². The van der Waals surface area contributed by atoms with Crippen LogP contribution >= 0.6 is 0 Å². The zero-order valence-electron chi connectivity index (χ0n) is 11.8. The third-order valence-electron chi connectivity index (χ3n) is 3.15. The molecule has 110 valence electrons. The van der Waals surface area contributed by atoms with Gasteiger partial charge >= 0.3 is 5.97 Å². The smallest absolute Gasteiger partial charge is 0.336 e. The van der Waals surface area contributed by atoms with Crippen LogP contribution in [-0.4, -0.2) is 11.1 Å². The van der Waals surface area contributed by atoms with Crippen LogP contribution in [0.15, 0.2) is 42.5 Å². The molecular weight excluding hydrogens is 271 g/mol. The molecule has 2 aromatic carbocycles. The molecule has 0 saturated carbocycles. The van der Waals surface area contributed by atoms with E-state index in [1.165, 1.54) is 17.7 Å². The average Bonchev–Trinajstić information content (AvgIpc) is 2.46. The maximum atomic E-state index is 13.2. The second kappa shape index (κ2) is 6.88. The number of halogens is 1. The Labute approximate surface area is 123 Å². The first-order chi connectivity index (χ1) is 10.1. The minimum atomic E-state index is -1.09. The number of hydrogen-bond acceptors (Lipinski definition) is 2. The lowest BCUT2D eigenvalue weighted by molar-refractivity contribution is 0.0694. The zero-order valence-corrected chi connectivity index (χ0v) is 11.8. The molecule has 0 aliphatic carbocycles. The van der Waals surface area contributed by atoms with Gasteiger partial charge in [0.05, 0.1) is 5.56 Å². The Bertz CT molecular complexity index is 620. The predicted molar refractivity (Wildman–Crippen MR) is 78.1 cm³/mol.